The van der Waals surface area contributed by atoms with Crippen molar-refractivity contribution in [2.75, 3.05) is 39.4 Å². The molecule has 3 aliphatic heterocycles. The predicted octanol–water partition coefficient (Wildman–Crippen LogP) is 3.82. The topological polar surface area (TPSA) is 42.0 Å². The summed E-state index contributed by atoms with van der Waals surface area (Å²) in [6.07, 6.45) is 5.94. The van der Waals surface area contributed by atoms with Gasteiger partial charge >= 0.3 is 0 Å². The second-order valence-corrected chi connectivity index (χ2v) is 10.5. The second-order valence-electron chi connectivity index (χ2n) is 10.5. The molecule has 1 atom stereocenters. The molecule has 0 aromatic heterocycles. The molecular weight excluding hydrogens is 395 g/mol. The van der Waals surface area contributed by atoms with E-state index >= 15 is 0 Å². The first kappa shape index (κ1) is 21.2. The normalized spacial score (nSPS) is 26.8. The van der Waals surface area contributed by atoms with Gasteiger partial charge in [0.15, 0.2) is 0 Å². The Morgan fingerprint density at radius 2 is 1.94 bits per heavy atom. The van der Waals surface area contributed by atoms with Crippen molar-refractivity contribution >= 4 is 5.91 Å². The highest BCUT2D eigenvalue weighted by atomic mass is 19.1. The number of benzene rings is 1. The number of piperidine rings is 1. The average molecular weight is 431 g/mol. The van der Waals surface area contributed by atoms with Crippen LogP contribution in [0.4, 0.5) is 4.39 Å². The molecule has 0 radical (unpaired) electrons. The standard InChI is InChI=1S/C25H35FN2O3/c1-17(2)31-23-11-20(26)3-4-22(23)18-6-9-27(10-7-18)21-5-8-25(12-21)15-28(16-25)24(29)19-13-30-14-19/h3-4,11,17-19,21H,5-10,12-16H2,1-2H3/t21-/m1/s1. The third-order valence-corrected chi connectivity index (χ3v) is 7.85. The summed E-state index contributed by atoms with van der Waals surface area (Å²) >= 11 is 0. The molecule has 1 aromatic rings. The van der Waals surface area contributed by atoms with Crippen molar-refractivity contribution in [3.8, 4) is 5.75 Å². The molecule has 0 bridgehead atoms. The molecule has 0 N–H and O–H groups in total. The van der Waals surface area contributed by atoms with E-state index in [4.69, 9.17) is 9.47 Å². The molecule has 3 heterocycles. The van der Waals surface area contributed by atoms with Crippen LogP contribution in [0.15, 0.2) is 18.2 Å². The van der Waals surface area contributed by atoms with Crippen LogP contribution in [0.25, 0.3) is 0 Å². The zero-order valence-corrected chi connectivity index (χ0v) is 18.8. The maximum absolute atomic E-state index is 13.8. The molecule has 5 nitrogen and oxygen atoms in total. The van der Waals surface area contributed by atoms with Gasteiger partial charge in [-0.05, 0) is 76.6 Å². The van der Waals surface area contributed by atoms with Crippen LogP contribution >= 0.6 is 0 Å². The molecule has 5 rings (SSSR count). The number of carbonyl (C=O) groups excluding carboxylic acids is 1. The first-order chi connectivity index (χ1) is 14.9. The molecule has 1 amide bonds. The quantitative estimate of drug-likeness (QED) is 0.712. The lowest BCUT2D eigenvalue weighted by atomic mass is 9.77. The first-order valence-electron chi connectivity index (χ1n) is 12.0. The van der Waals surface area contributed by atoms with E-state index in [0.717, 1.165) is 44.6 Å². The van der Waals surface area contributed by atoms with Gasteiger partial charge in [0.2, 0.25) is 5.91 Å². The molecule has 1 spiro atoms. The van der Waals surface area contributed by atoms with Crippen LogP contribution in [0.2, 0.25) is 0 Å². The fourth-order valence-corrected chi connectivity index (χ4v) is 6.11. The molecule has 6 heteroatoms. The number of nitrogens with zero attached hydrogens (tertiary/aromatic N) is 2. The lowest BCUT2D eigenvalue weighted by Crippen LogP contribution is -2.61. The summed E-state index contributed by atoms with van der Waals surface area (Å²) in [4.78, 5) is 17.1. The molecule has 3 saturated heterocycles. The Kier molecular flexibility index (Phi) is 5.72. The number of likely N-dealkylation sites (tertiary alicyclic amines) is 2. The van der Waals surface area contributed by atoms with Crippen LogP contribution in [0.3, 0.4) is 0 Å². The first-order valence-corrected chi connectivity index (χ1v) is 12.0. The Morgan fingerprint density at radius 3 is 2.58 bits per heavy atom. The number of rotatable bonds is 5. The Labute approximate surface area is 184 Å². The zero-order valence-electron chi connectivity index (χ0n) is 18.8. The van der Waals surface area contributed by atoms with Crippen LogP contribution in [0, 0.1) is 17.2 Å². The number of hydrogen-bond acceptors (Lipinski definition) is 4. The smallest absolute Gasteiger partial charge is 0.230 e. The Hall–Kier alpha value is -1.66. The van der Waals surface area contributed by atoms with E-state index in [-0.39, 0.29) is 17.8 Å². The highest BCUT2D eigenvalue weighted by Gasteiger charge is 2.52. The number of carbonyl (C=O) groups is 1. The number of hydrogen-bond donors (Lipinski definition) is 0. The fourth-order valence-electron chi connectivity index (χ4n) is 6.11. The summed E-state index contributed by atoms with van der Waals surface area (Å²) < 4.78 is 24.9. The van der Waals surface area contributed by atoms with Gasteiger partial charge in [-0.15, -0.1) is 0 Å². The minimum absolute atomic E-state index is 0.0426. The SMILES string of the molecule is CC(C)Oc1cc(F)ccc1C1CCN([C@@H]2CCC3(C2)CN(C(=O)C2COC2)C3)CC1. The fraction of sp³-hybridized carbons (Fsp3) is 0.720. The second kappa shape index (κ2) is 8.36. The molecule has 170 valence electrons. The van der Waals surface area contributed by atoms with Crippen molar-refractivity contribution in [3.63, 3.8) is 0 Å². The van der Waals surface area contributed by atoms with E-state index in [1.54, 1.807) is 12.1 Å². The van der Waals surface area contributed by atoms with Gasteiger partial charge in [0.1, 0.15) is 11.6 Å². The van der Waals surface area contributed by atoms with Crippen LogP contribution in [0.5, 0.6) is 5.75 Å². The van der Waals surface area contributed by atoms with E-state index < -0.39 is 0 Å². The number of amides is 1. The molecule has 0 unspecified atom stereocenters. The third kappa shape index (κ3) is 4.21. The minimum Gasteiger partial charge on any atom is -0.491 e. The molecule has 1 saturated carbocycles. The summed E-state index contributed by atoms with van der Waals surface area (Å²) in [5, 5.41) is 0. The van der Waals surface area contributed by atoms with E-state index in [1.165, 1.54) is 19.3 Å². The van der Waals surface area contributed by atoms with Crippen molar-refractivity contribution in [3.05, 3.63) is 29.6 Å². The Bertz CT molecular complexity index is 811. The van der Waals surface area contributed by atoms with Gasteiger partial charge in [-0.3, -0.25) is 4.79 Å². The van der Waals surface area contributed by atoms with Gasteiger partial charge in [0, 0.05) is 30.6 Å². The lowest BCUT2D eigenvalue weighted by Gasteiger charge is -2.50. The molecule has 31 heavy (non-hydrogen) atoms. The summed E-state index contributed by atoms with van der Waals surface area (Å²) in [5.74, 6) is 1.34. The minimum atomic E-state index is -0.231. The van der Waals surface area contributed by atoms with E-state index in [2.05, 4.69) is 9.80 Å². The third-order valence-electron chi connectivity index (χ3n) is 7.85. The van der Waals surface area contributed by atoms with Crippen molar-refractivity contribution in [2.24, 2.45) is 11.3 Å². The summed E-state index contributed by atoms with van der Waals surface area (Å²) in [7, 11) is 0. The largest absolute Gasteiger partial charge is 0.491 e. The molecule has 1 aromatic carbocycles. The summed E-state index contributed by atoms with van der Waals surface area (Å²) in [6.45, 7) is 9.26. The Morgan fingerprint density at radius 1 is 1.19 bits per heavy atom. The van der Waals surface area contributed by atoms with E-state index in [9.17, 15) is 9.18 Å². The number of ether oxygens (including phenoxy) is 2. The number of halogens is 1. The van der Waals surface area contributed by atoms with E-state index in [0.29, 0.717) is 42.2 Å². The summed E-state index contributed by atoms with van der Waals surface area (Å²) in [6, 6.07) is 5.67. The maximum atomic E-state index is 13.8. The molecular formula is C25H35FN2O3. The highest BCUT2D eigenvalue weighted by molar-refractivity contribution is 5.80. The van der Waals surface area contributed by atoms with E-state index in [1.807, 2.05) is 19.9 Å². The van der Waals surface area contributed by atoms with Gasteiger partial charge in [-0.25, -0.2) is 4.39 Å². The molecule has 4 fully saturated rings. The monoisotopic (exact) mass is 430 g/mol. The van der Waals surface area contributed by atoms with Crippen LogP contribution in [0.1, 0.15) is 57.4 Å². The maximum Gasteiger partial charge on any atom is 0.230 e. The zero-order chi connectivity index (χ0) is 21.6. The van der Waals surface area contributed by atoms with Gasteiger partial charge in [-0.1, -0.05) is 6.07 Å². The molecule has 1 aliphatic carbocycles. The van der Waals surface area contributed by atoms with Gasteiger partial charge in [-0.2, -0.15) is 0 Å². The van der Waals surface area contributed by atoms with Crippen LogP contribution in [-0.2, 0) is 9.53 Å². The van der Waals surface area contributed by atoms with Crippen molar-refractivity contribution in [1.29, 1.82) is 0 Å². The van der Waals surface area contributed by atoms with Gasteiger partial charge in [0.05, 0.1) is 25.2 Å². The predicted molar refractivity (Wildman–Crippen MR) is 117 cm³/mol. The Balaban J connectivity index is 1.14. The van der Waals surface area contributed by atoms with Crippen molar-refractivity contribution in [1.82, 2.24) is 9.80 Å². The highest BCUT2D eigenvalue weighted by Crippen LogP contribution is 2.48. The average Bonchev–Trinajstić information content (AvgIpc) is 3.11. The summed E-state index contributed by atoms with van der Waals surface area (Å²) in [5.41, 5.74) is 1.52. The van der Waals surface area contributed by atoms with Crippen molar-refractivity contribution < 1.29 is 18.7 Å². The van der Waals surface area contributed by atoms with Gasteiger partial charge < -0.3 is 19.3 Å². The van der Waals surface area contributed by atoms with Crippen molar-refractivity contribution in [2.45, 2.75) is 64.0 Å². The van der Waals surface area contributed by atoms with Crippen LogP contribution in [-0.4, -0.2) is 67.2 Å². The molecule has 4 aliphatic rings. The lowest BCUT2D eigenvalue weighted by molar-refractivity contribution is -0.161. The van der Waals surface area contributed by atoms with Gasteiger partial charge in [0.25, 0.3) is 0 Å². The van der Waals surface area contributed by atoms with Crippen LogP contribution < -0.4 is 4.74 Å².